The lowest BCUT2D eigenvalue weighted by Crippen LogP contribution is -2.82. The minimum Gasteiger partial charge on any atom is -0.306 e. The number of halogens is 1. The van der Waals surface area contributed by atoms with Crippen LogP contribution in [0.15, 0.2) is 0 Å². The summed E-state index contributed by atoms with van der Waals surface area (Å²) >= 11 is 4.12. The van der Waals surface area contributed by atoms with E-state index in [9.17, 15) is 9.59 Å². The lowest BCUT2D eigenvalue weighted by Gasteiger charge is -2.58. The van der Waals surface area contributed by atoms with E-state index < -0.39 is 0 Å². The summed E-state index contributed by atoms with van der Waals surface area (Å²) in [5.74, 6) is 2.75. The van der Waals surface area contributed by atoms with Gasteiger partial charge in [0, 0.05) is 52.9 Å². The Labute approximate surface area is 199 Å². The van der Waals surface area contributed by atoms with Crippen molar-refractivity contribution in [1.82, 2.24) is 21.3 Å². The lowest BCUT2D eigenvalue weighted by atomic mass is 9.70. The molecule has 0 aromatic rings. The fourth-order valence-corrected chi connectivity index (χ4v) is 10.2. The molecule has 7 rings (SSSR count). The number of ketones is 2. The first kappa shape index (κ1) is 21.0. The molecule has 12 atom stereocenters. The van der Waals surface area contributed by atoms with Crippen molar-refractivity contribution in [2.75, 3.05) is 0 Å². The van der Waals surface area contributed by atoms with E-state index in [-0.39, 0.29) is 52.9 Å². The molecule has 7 fully saturated rings. The molecule has 7 heteroatoms. The van der Waals surface area contributed by atoms with Crippen molar-refractivity contribution in [3.63, 3.8) is 0 Å². The number of fused-ring (bicyclic) bond motifs is 8. The van der Waals surface area contributed by atoms with Crippen molar-refractivity contribution in [1.29, 1.82) is 0 Å². The Morgan fingerprint density at radius 3 is 1.53 bits per heavy atom. The van der Waals surface area contributed by atoms with E-state index in [1.807, 2.05) is 0 Å². The third kappa shape index (κ3) is 2.78. The molecule has 0 bridgehead atoms. The van der Waals surface area contributed by atoms with Gasteiger partial charge >= 0.3 is 0 Å². The minimum atomic E-state index is -0.0386. The monoisotopic (exact) mass is 504 g/mol. The van der Waals surface area contributed by atoms with E-state index in [4.69, 9.17) is 0 Å². The number of alkyl halides is 1. The molecule has 0 aromatic heterocycles. The molecule has 0 aromatic carbocycles. The molecule has 4 N–H and O–H groups in total. The molecule has 0 radical (unpaired) electrons. The molecule has 176 valence electrons. The van der Waals surface area contributed by atoms with E-state index in [1.54, 1.807) is 0 Å². The van der Waals surface area contributed by atoms with Crippen molar-refractivity contribution in [2.45, 2.75) is 111 Å². The first-order valence-corrected chi connectivity index (χ1v) is 14.2. The normalized spacial score (nSPS) is 58.8. The van der Waals surface area contributed by atoms with Gasteiger partial charge in [-0.15, -0.1) is 0 Å². The number of piperazine rings is 2. The predicted octanol–water partition coefficient (Wildman–Crippen LogP) is 1.51. The number of carbonyl (C=O) groups excluding carboxylic acids is 2. The Kier molecular flexibility index (Phi) is 4.97. The minimum absolute atomic E-state index is 0.0386. The third-order valence-corrected chi connectivity index (χ3v) is 11.9. The van der Waals surface area contributed by atoms with Crippen LogP contribution < -0.4 is 21.3 Å². The summed E-state index contributed by atoms with van der Waals surface area (Å²) in [6, 6.07) is 1.53. The van der Waals surface area contributed by atoms with E-state index in [0.717, 1.165) is 12.8 Å². The molecule has 2 saturated heterocycles. The molecule has 12 unspecified atom stereocenters. The molecular formula is C25H37BrN4O2. The highest BCUT2D eigenvalue weighted by Gasteiger charge is 2.62. The van der Waals surface area contributed by atoms with Crippen LogP contribution in [-0.2, 0) is 9.59 Å². The quantitative estimate of drug-likeness (QED) is 0.374. The van der Waals surface area contributed by atoms with Crippen LogP contribution in [0, 0.1) is 29.6 Å². The van der Waals surface area contributed by atoms with E-state index in [2.05, 4.69) is 44.1 Å². The Hall–Kier alpha value is -0.340. The largest absolute Gasteiger partial charge is 0.306 e. The second kappa shape index (κ2) is 7.58. The topological polar surface area (TPSA) is 82.3 Å². The van der Waals surface area contributed by atoms with Crippen molar-refractivity contribution in [3.8, 4) is 0 Å². The number of nitrogens with one attached hydrogen (secondary N) is 4. The zero-order chi connectivity index (χ0) is 21.7. The van der Waals surface area contributed by atoms with Crippen LogP contribution in [0.25, 0.3) is 0 Å². The maximum absolute atomic E-state index is 13.3. The van der Waals surface area contributed by atoms with Gasteiger partial charge < -0.3 is 21.3 Å². The van der Waals surface area contributed by atoms with Gasteiger partial charge in [0.05, 0.1) is 12.1 Å². The van der Waals surface area contributed by atoms with Crippen molar-refractivity contribution in [2.24, 2.45) is 29.6 Å². The molecule has 2 heterocycles. The molecule has 0 amide bonds. The van der Waals surface area contributed by atoms with Gasteiger partial charge in [0.25, 0.3) is 0 Å². The summed E-state index contributed by atoms with van der Waals surface area (Å²) in [5, 5.41) is 15.8. The summed E-state index contributed by atoms with van der Waals surface area (Å²) in [6.07, 6.45) is 9.45. The average molecular weight is 506 g/mol. The number of rotatable bonds is 0. The summed E-state index contributed by atoms with van der Waals surface area (Å²) in [4.78, 5) is 26.8. The highest BCUT2D eigenvalue weighted by atomic mass is 79.9. The number of carbonyl (C=O) groups is 2. The summed E-state index contributed by atoms with van der Waals surface area (Å²) in [7, 11) is 0. The van der Waals surface area contributed by atoms with Crippen LogP contribution in [0.3, 0.4) is 0 Å². The fraction of sp³-hybridized carbons (Fsp3) is 0.920. The predicted molar refractivity (Wildman–Crippen MR) is 126 cm³/mol. The van der Waals surface area contributed by atoms with Crippen LogP contribution in [0.2, 0.25) is 0 Å². The Morgan fingerprint density at radius 2 is 1.06 bits per heavy atom. The van der Waals surface area contributed by atoms with Crippen molar-refractivity contribution in [3.05, 3.63) is 0 Å². The van der Waals surface area contributed by atoms with Crippen molar-refractivity contribution >= 4 is 27.5 Å². The molecule has 0 spiro atoms. The third-order valence-electron chi connectivity index (χ3n) is 10.7. The molecule has 32 heavy (non-hydrogen) atoms. The Balaban J connectivity index is 1.17. The van der Waals surface area contributed by atoms with Crippen LogP contribution in [0.4, 0.5) is 0 Å². The van der Waals surface area contributed by atoms with Crippen LogP contribution in [0.5, 0.6) is 0 Å². The molecule has 5 aliphatic carbocycles. The maximum Gasteiger partial charge on any atom is 0.154 e. The summed E-state index contributed by atoms with van der Waals surface area (Å²) < 4.78 is 0. The number of Topliss-reactive ketones (excluding diaryl/α,β-unsaturated/α-hetero) is 2. The molecule has 5 saturated carbocycles. The zero-order valence-corrected chi connectivity index (χ0v) is 20.5. The summed E-state index contributed by atoms with van der Waals surface area (Å²) in [6.45, 7) is 2.32. The molecule has 2 aliphatic heterocycles. The Morgan fingerprint density at radius 1 is 0.625 bits per heavy atom. The van der Waals surface area contributed by atoms with Crippen LogP contribution in [0.1, 0.15) is 58.3 Å². The number of hydrogen-bond donors (Lipinski definition) is 4. The molecule has 7 aliphatic rings. The van der Waals surface area contributed by atoms with Crippen LogP contribution in [-0.4, -0.2) is 64.7 Å². The fourth-order valence-electron chi connectivity index (χ4n) is 9.26. The first-order valence-electron chi connectivity index (χ1n) is 13.3. The van der Waals surface area contributed by atoms with Gasteiger partial charge in [-0.1, -0.05) is 48.5 Å². The van der Waals surface area contributed by atoms with Gasteiger partial charge in [0.1, 0.15) is 0 Å². The van der Waals surface area contributed by atoms with Gasteiger partial charge in [-0.25, -0.2) is 0 Å². The second-order valence-corrected chi connectivity index (χ2v) is 13.1. The van der Waals surface area contributed by atoms with E-state index in [1.165, 1.54) is 38.5 Å². The SMILES string of the molecule is CC1C2NC3C(=O)C4CCCCC4C3NC2C(Br)C2NC3C(NC12)C(=O)C1CCCCC13. The summed E-state index contributed by atoms with van der Waals surface area (Å²) in [5.41, 5.74) is 0. The molecular weight excluding hydrogens is 468 g/mol. The second-order valence-electron chi connectivity index (χ2n) is 12.0. The van der Waals surface area contributed by atoms with Gasteiger partial charge in [0.2, 0.25) is 0 Å². The van der Waals surface area contributed by atoms with E-state index in [0.29, 0.717) is 41.4 Å². The molecule has 6 nitrogen and oxygen atoms in total. The smallest absolute Gasteiger partial charge is 0.154 e. The van der Waals surface area contributed by atoms with Gasteiger partial charge in [0.15, 0.2) is 11.6 Å². The Bertz CT molecular complexity index is 760. The van der Waals surface area contributed by atoms with Gasteiger partial charge in [-0.3, -0.25) is 9.59 Å². The maximum atomic E-state index is 13.3. The highest BCUT2D eigenvalue weighted by Crippen LogP contribution is 2.47. The average Bonchev–Trinajstić information content (AvgIpc) is 3.27. The zero-order valence-electron chi connectivity index (χ0n) is 18.9. The lowest BCUT2D eigenvalue weighted by molar-refractivity contribution is -0.124. The highest BCUT2D eigenvalue weighted by molar-refractivity contribution is 9.09. The van der Waals surface area contributed by atoms with Crippen molar-refractivity contribution < 1.29 is 9.59 Å². The van der Waals surface area contributed by atoms with Gasteiger partial charge in [-0.2, -0.15) is 0 Å². The number of hydrogen-bond acceptors (Lipinski definition) is 6. The van der Waals surface area contributed by atoms with Crippen LogP contribution >= 0.6 is 15.9 Å². The first-order chi connectivity index (χ1) is 15.5. The van der Waals surface area contributed by atoms with E-state index >= 15 is 0 Å². The van der Waals surface area contributed by atoms with Gasteiger partial charge in [-0.05, 0) is 43.4 Å². The standard InChI is InChI=1S/C25H37BrN4O2/c1-10-16-20(29-18-11-6-2-4-8-13(11)24(31)22(18)27-16)15(26)21-17(10)28-23-19(30-21)12-7-3-5-9-14(12)25(23)32/h10-23,27-30H,2-9H2,1H3.